The molecule has 1 aliphatic heterocycles. The van der Waals surface area contributed by atoms with E-state index in [1.165, 1.54) is 18.3 Å². The molecule has 0 saturated heterocycles. The number of halogens is 1. The molecule has 2 aromatic rings. The molecule has 20 heavy (non-hydrogen) atoms. The Labute approximate surface area is 114 Å². The maximum Gasteiger partial charge on any atom is 0.269 e. The van der Waals surface area contributed by atoms with Gasteiger partial charge < -0.3 is 14.8 Å². The molecule has 1 amide bonds. The zero-order valence-electron chi connectivity index (χ0n) is 10.4. The molecule has 102 valence electrons. The van der Waals surface area contributed by atoms with Gasteiger partial charge in [0.05, 0.1) is 11.9 Å². The number of anilines is 1. The van der Waals surface area contributed by atoms with Crippen LogP contribution in [0.5, 0.6) is 11.5 Å². The van der Waals surface area contributed by atoms with Gasteiger partial charge >= 0.3 is 0 Å². The molecule has 6 heteroatoms. The fourth-order valence-electron chi connectivity index (χ4n) is 1.82. The molecular formula is C14H11FN2O3. The van der Waals surface area contributed by atoms with Crippen molar-refractivity contribution >= 4 is 11.6 Å². The average molecular weight is 274 g/mol. The van der Waals surface area contributed by atoms with Gasteiger partial charge in [0.25, 0.3) is 5.91 Å². The van der Waals surface area contributed by atoms with E-state index in [9.17, 15) is 9.18 Å². The highest BCUT2D eigenvalue weighted by atomic mass is 19.1. The SMILES string of the molecule is O=C(Nc1ccc(F)nc1)C1COc2ccccc2O1. The first-order chi connectivity index (χ1) is 9.72. The second-order valence-electron chi connectivity index (χ2n) is 4.22. The number of benzene rings is 1. The van der Waals surface area contributed by atoms with E-state index in [1.807, 2.05) is 6.07 Å². The van der Waals surface area contributed by atoms with Crippen LogP contribution in [0.4, 0.5) is 10.1 Å². The van der Waals surface area contributed by atoms with Crippen molar-refractivity contribution in [3.8, 4) is 11.5 Å². The number of nitrogens with zero attached hydrogens (tertiary/aromatic N) is 1. The Morgan fingerprint density at radius 2 is 2.05 bits per heavy atom. The number of ether oxygens (including phenoxy) is 2. The second-order valence-corrected chi connectivity index (χ2v) is 4.22. The van der Waals surface area contributed by atoms with E-state index in [0.29, 0.717) is 17.2 Å². The third kappa shape index (κ3) is 2.54. The van der Waals surface area contributed by atoms with E-state index in [4.69, 9.17) is 9.47 Å². The molecule has 0 bridgehead atoms. The molecule has 1 aliphatic rings. The summed E-state index contributed by atoms with van der Waals surface area (Å²) in [6.07, 6.45) is 0.486. The molecule has 2 heterocycles. The standard InChI is InChI=1S/C14H11FN2O3/c15-13-6-5-9(7-16-13)17-14(18)12-8-19-10-3-1-2-4-11(10)20-12/h1-7,12H,8H2,(H,17,18). The van der Waals surface area contributed by atoms with Crippen LogP contribution in [0.25, 0.3) is 0 Å². The molecule has 0 fully saturated rings. The van der Waals surface area contributed by atoms with Crippen LogP contribution in [0.1, 0.15) is 0 Å². The number of nitrogens with one attached hydrogen (secondary N) is 1. The van der Waals surface area contributed by atoms with E-state index in [2.05, 4.69) is 10.3 Å². The van der Waals surface area contributed by atoms with E-state index >= 15 is 0 Å². The number of amides is 1. The van der Waals surface area contributed by atoms with Crippen molar-refractivity contribution in [2.75, 3.05) is 11.9 Å². The van der Waals surface area contributed by atoms with Gasteiger partial charge in [0.2, 0.25) is 12.1 Å². The molecule has 0 spiro atoms. The Bertz CT molecular complexity index is 631. The lowest BCUT2D eigenvalue weighted by atomic mass is 10.2. The highest BCUT2D eigenvalue weighted by Crippen LogP contribution is 2.31. The summed E-state index contributed by atoms with van der Waals surface area (Å²) in [4.78, 5) is 15.5. The van der Waals surface area contributed by atoms with E-state index in [1.54, 1.807) is 18.2 Å². The smallest absolute Gasteiger partial charge is 0.269 e. The summed E-state index contributed by atoms with van der Waals surface area (Å²) in [7, 11) is 0. The second kappa shape index (κ2) is 5.16. The zero-order valence-corrected chi connectivity index (χ0v) is 10.4. The molecule has 1 unspecified atom stereocenters. The number of hydrogen-bond donors (Lipinski definition) is 1. The lowest BCUT2D eigenvalue weighted by Crippen LogP contribution is -2.40. The average Bonchev–Trinajstić information content (AvgIpc) is 2.49. The number of pyridine rings is 1. The van der Waals surface area contributed by atoms with Crippen LogP contribution in [-0.4, -0.2) is 23.6 Å². The maximum atomic E-state index is 12.7. The molecule has 0 aliphatic carbocycles. The molecule has 1 atom stereocenters. The van der Waals surface area contributed by atoms with Crippen molar-refractivity contribution in [3.63, 3.8) is 0 Å². The van der Waals surface area contributed by atoms with Crippen molar-refractivity contribution in [1.82, 2.24) is 4.98 Å². The van der Waals surface area contributed by atoms with Crippen LogP contribution in [0, 0.1) is 5.95 Å². The summed E-state index contributed by atoms with van der Waals surface area (Å²) in [6, 6.07) is 9.72. The summed E-state index contributed by atoms with van der Waals surface area (Å²) >= 11 is 0. The minimum absolute atomic E-state index is 0.122. The van der Waals surface area contributed by atoms with Gasteiger partial charge in [-0.25, -0.2) is 4.98 Å². The van der Waals surface area contributed by atoms with Crippen LogP contribution in [0.2, 0.25) is 0 Å². The monoisotopic (exact) mass is 274 g/mol. The number of fused-ring (bicyclic) bond motifs is 1. The maximum absolute atomic E-state index is 12.7. The quantitative estimate of drug-likeness (QED) is 0.851. The van der Waals surface area contributed by atoms with Crippen molar-refractivity contribution in [3.05, 3.63) is 48.5 Å². The Hall–Kier alpha value is -2.63. The highest BCUT2D eigenvalue weighted by Gasteiger charge is 2.27. The molecule has 3 rings (SSSR count). The van der Waals surface area contributed by atoms with Crippen LogP contribution in [-0.2, 0) is 4.79 Å². The number of hydrogen-bond acceptors (Lipinski definition) is 4. The first kappa shape index (κ1) is 12.4. The van der Waals surface area contributed by atoms with Gasteiger partial charge in [-0.15, -0.1) is 0 Å². The van der Waals surface area contributed by atoms with Gasteiger partial charge in [-0.3, -0.25) is 4.79 Å². The predicted octanol–water partition coefficient (Wildman–Crippen LogP) is 2.00. The summed E-state index contributed by atoms with van der Waals surface area (Å²) < 4.78 is 23.7. The number of para-hydroxylation sites is 2. The van der Waals surface area contributed by atoms with Gasteiger partial charge in [0.1, 0.15) is 6.61 Å². The van der Waals surface area contributed by atoms with Crippen molar-refractivity contribution in [1.29, 1.82) is 0 Å². The van der Waals surface area contributed by atoms with E-state index in [0.717, 1.165) is 0 Å². The molecule has 0 radical (unpaired) electrons. The highest BCUT2D eigenvalue weighted by molar-refractivity contribution is 5.94. The van der Waals surface area contributed by atoms with Crippen LogP contribution >= 0.6 is 0 Å². The summed E-state index contributed by atoms with van der Waals surface area (Å²) in [6.45, 7) is 0.122. The molecule has 1 aromatic heterocycles. The van der Waals surface area contributed by atoms with E-state index in [-0.39, 0.29) is 12.5 Å². The Balaban J connectivity index is 1.68. The predicted molar refractivity (Wildman–Crippen MR) is 69.2 cm³/mol. The fraction of sp³-hybridized carbons (Fsp3) is 0.143. The largest absolute Gasteiger partial charge is 0.485 e. The summed E-state index contributed by atoms with van der Waals surface area (Å²) in [5, 5.41) is 2.60. The Morgan fingerprint density at radius 1 is 1.25 bits per heavy atom. The van der Waals surface area contributed by atoms with Crippen LogP contribution in [0.15, 0.2) is 42.6 Å². The Kier molecular flexibility index (Phi) is 3.20. The summed E-state index contributed by atoms with van der Waals surface area (Å²) in [5.74, 6) is 0.165. The van der Waals surface area contributed by atoms with Crippen LogP contribution in [0.3, 0.4) is 0 Å². The van der Waals surface area contributed by atoms with E-state index < -0.39 is 12.1 Å². The normalized spacial score (nSPS) is 16.6. The first-order valence-electron chi connectivity index (χ1n) is 6.03. The minimum atomic E-state index is -0.755. The molecular weight excluding hydrogens is 263 g/mol. The lowest BCUT2D eigenvalue weighted by molar-refractivity contribution is -0.125. The van der Waals surface area contributed by atoms with Crippen molar-refractivity contribution in [2.24, 2.45) is 0 Å². The van der Waals surface area contributed by atoms with Gasteiger partial charge in [-0.05, 0) is 24.3 Å². The molecule has 5 nitrogen and oxygen atoms in total. The lowest BCUT2D eigenvalue weighted by Gasteiger charge is -2.25. The minimum Gasteiger partial charge on any atom is -0.485 e. The first-order valence-corrected chi connectivity index (χ1v) is 6.03. The number of carbonyl (C=O) groups is 1. The van der Waals surface area contributed by atoms with Crippen molar-refractivity contribution < 1.29 is 18.7 Å². The third-order valence-electron chi connectivity index (χ3n) is 2.80. The van der Waals surface area contributed by atoms with Crippen molar-refractivity contribution in [2.45, 2.75) is 6.10 Å². The Morgan fingerprint density at radius 3 is 2.80 bits per heavy atom. The van der Waals surface area contributed by atoms with Crippen LogP contribution < -0.4 is 14.8 Å². The number of rotatable bonds is 2. The number of carbonyl (C=O) groups excluding carboxylic acids is 1. The van der Waals surface area contributed by atoms with Gasteiger partial charge in [-0.1, -0.05) is 12.1 Å². The fourth-order valence-corrected chi connectivity index (χ4v) is 1.82. The molecule has 0 saturated carbocycles. The number of aromatic nitrogens is 1. The molecule has 1 N–H and O–H groups in total. The van der Waals surface area contributed by atoms with Gasteiger partial charge in [0, 0.05) is 0 Å². The third-order valence-corrected chi connectivity index (χ3v) is 2.80. The molecule has 1 aromatic carbocycles. The van der Waals surface area contributed by atoms with Gasteiger partial charge in [0.15, 0.2) is 11.5 Å². The topological polar surface area (TPSA) is 60.5 Å². The van der Waals surface area contributed by atoms with Gasteiger partial charge in [-0.2, -0.15) is 4.39 Å². The zero-order chi connectivity index (χ0) is 13.9. The summed E-state index contributed by atoms with van der Waals surface area (Å²) in [5.41, 5.74) is 0.402.